The summed E-state index contributed by atoms with van der Waals surface area (Å²) >= 11 is 1.67. The van der Waals surface area contributed by atoms with Gasteiger partial charge in [0.1, 0.15) is 5.82 Å². The van der Waals surface area contributed by atoms with E-state index >= 15 is 0 Å². The molecule has 2 aromatic rings. The number of aryl methyl sites for hydroxylation is 1. The van der Waals surface area contributed by atoms with Gasteiger partial charge in [0.15, 0.2) is 0 Å². The second kappa shape index (κ2) is 6.12. The van der Waals surface area contributed by atoms with Crippen LogP contribution in [0.3, 0.4) is 0 Å². The average Bonchev–Trinajstić information content (AvgIpc) is 3.20. The molecule has 5 heteroatoms. The first-order valence-electron chi connectivity index (χ1n) is 7.25. The van der Waals surface area contributed by atoms with Gasteiger partial charge in [0.25, 0.3) is 0 Å². The zero-order chi connectivity index (χ0) is 14.8. The number of halogens is 1. The van der Waals surface area contributed by atoms with Crippen molar-refractivity contribution >= 4 is 17.0 Å². The minimum atomic E-state index is -0.172. The molecule has 0 atom stereocenters. The molecule has 1 saturated carbocycles. The first-order valence-corrected chi connectivity index (χ1v) is 8.13. The largest absolute Gasteiger partial charge is 0.369 e. The quantitative estimate of drug-likeness (QED) is 0.885. The van der Waals surface area contributed by atoms with Gasteiger partial charge in [0.2, 0.25) is 0 Å². The van der Waals surface area contributed by atoms with Crippen molar-refractivity contribution in [2.24, 2.45) is 0 Å². The summed E-state index contributed by atoms with van der Waals surface area (Å²) in [5, 5.41) is 3.46. The lowest BCUT2D eigenvalue weighted by atomic mass is 10.1. The van der Waals surface area contributed by atoms with Crippen LogP contribution in [0.2, 0.25) is 0 Å². The highest BCUT2D eigenvalue weighted by Crippen LogP contribution is 2.26. The molecule has 3 nitrogen and oxygen atoms in total. The molecule has 1 N–H and O–H groups in total. The third-order valence-electron chi connectivity index (χ3n) is 3.84. The molecule has 1 aliphatic carbocycles. The zero-order valence-electron chi connectivity index (χ0n) is 12.4. The highest BCUT2D eigenvalue weighted by molar-refractivity contribution is 7.09. The number of benzene rings is 1. The molecule has 1 heterocycles. The van der Waals surface area contributed by atoms with Crippen LogP contribution >= 0.6 is 11.3 Å². The van der Waals surface area contributed by atoms with Crippen molar-refractivity contribution in [3.05, 3.63) is 45.7 Å². The predicted octanol–water partition coefficient (Wildman–Crippen LogP) is 3.48. The average molecular weight is 305 g/mol. The molecular weight excluding hydrogens is 285 g/mol. The first kappa shape index (κ1) is 14.5. The maximum atomic E-state index is 13.5. The van der Waals surface area contributed by atoms with E-state index < -0.39 is 0 Å². The normalized spacial score (nSPS) is 14.4. The van der Waals surface area contributed by atoms with Crippen molar-refractivity contribution in [2.45, 2.75) is 38.9 Å². The molecule has 0 spiro atoms. The molecule has 0 aliphatic heterocycles. The predicted molar refractivity (Wildman–Crippen MR) is 85.2 cm³/mol. The summed E-state index contributed by atoms with van der Waals surface area (Å²) in [6, 6.07) is 5.66. The Morgan fingerprint density at radius 2 is 2.24 bits per heavy atom. The lowest BCUT2D eigenvalue weighted by Crippen LogP contribution is -2.21. The second-order valence-corrected chi connectivity index (χ2v) is 6.58. The smallest absolute Gasteiger partial charge is 0.123 e. The summed E-state index contributed by atoms with van der Waals surface area (Å²) in [7, 11) is 2.05. The molecule has 0 amide bonds. The van der Waals surface area contributed by atoms with Gasteiger partial charge in [-0.2, -0.15) is 0 Å². The Kier molecular flexibility index (Phi) is 4.22. The van der Waals surface area contributed by atoms with E-state index in [1.165, 1.54) is 23.8 Å². The first-order chi connectivity index (χ1) is 10.1. The Morgan fingerprint density at radius 1 is 1.43 bits per heavy atom. The van der Waals surface area contributed by atoms with E-state index in [2.05, 4.69) is 15.2 Å². The molecule has 112 valence electrons. The monoisotopic (exact) mass is 305 g/mol. The van der Waals surface area contributed by atoms with Gasteiger partial charge in [0, 0.05) is 30.2 Å². The van der Waals surface area contributed by atoms with Gasteiger partial charge in [-0.3, -0.25) is 0 Å². The fourth-order valence-corrected chi connectivity index (χ4v) is 3.22. The lowest BCUT2D eigenvalue weighted by molar-refractivity contribution is 0.619. The van der Waals surface area contributed by atoms with Crippen LogP contribution in [0.15, 0.2) is 23.7 Å². The second-order valence-electron chi connectivity index (χ2n) is 5.65. The summed E-state index contributed by atoms with van der Waals surface area (Å²) in [6.45, 7) is 3.56. The van der Waals surface area contributed by atoms with Gasteiger partial charge in [-0.15, -0.1) is 11.3 Å². The van der Waals surface area contributed by atoms with Crippen molar-refractivity contribution in [1.29, 1.82) is 0 Å². The van der Waals surface area contributed by atoms with E-state index in [1.807, 2.05) is 25.5 Å². The van der Waals surface area contributed by atoms with Crippen molar-refractivity contribution in [3.63, 3.8) is 0 Å². The summed E-state index contributed by atoms with van der Waals surface area (Å²) in [5.74, 6) is -0.172. The van der Waals surface area contributed by atoms with Gasteiger partial charge >= 0.3 is 0 Å². The van der Waals surface area contributed by atoms with Crippen LogP contribution in [-0.2, 0) is 13.1 Å². The van der Waals surface area contributed by atoms with E-state index in [0.29, 0.717) is 6.04 Å². The van der Waals surface area contributed by atoms with Gasteiger partial charge in [0.05, 0.1) is 17.7 Å². The number of rotatable bonds is 6. The summed E-state index contributed by atoms with van der Waals surface area (Å²) in [6.07, 6.45) is 2.47. The van der Waals surface area contributed by atoms with Crippen molar-refractivity contribution in [3.8, 4) is 0 Å². The summed E-state index contributed by atoms with van der Waals surface area (Å²) < 4.78 is 13.5. The highest BCUT2D eigenvalue weighted by atomic mass is 32.1. The molecule has 0 unspecified atom stereocenters. The molecule has 0 bridgehead atoms. The number of aromatic nitrogens is 1. The van der Waals surface area contributed by atoms with Crippen LogP contribution in [0.1, 0.15) is 29.0 Å². The molecule has 0 saturated heterocycles. The zero-order valence-corrected chi connectivity index (χ0v) is 13.2. The Morgan fingerprint density at radius 3 is 2.90 bits per heavy atom. The molecule has 0 radical (unpaired) electrons. The van der Waals surface area contributed by atoms with Gasteiger partial charge in [-0.1, -0.05) is 0 Å². The van der Waals surface area contributed by atoms with Gasteiger partial charge < -0.3 is 10.2 Å². The number of nitrogens with one attached hydrogen (secondary N) is 1. The number of nitrogens with zero attached hydrogens (tertiary/aromatic N) is 2. The van der Waals surface area contributed by atoms with Crippen LogP contribution in [-0.4, -0.2) is 18.1 Å². The fraction of sp³-hybridized carbons (Fsp3) is 0.438. The number of hydrogen-bond acceptors (Lipinski definition) is 4. The maximum absolute atomic E-state index is 13.5. The molecule has 3 rings (SSSR count). The van der Waals surface area contributed by atoms with E-state index in [1.54, 1.807) is 17.4 Å². The lowest BCUT2D eigenvalue weighted by Gasteiger charge is -2.22. The molecule has 1 aromatic heterocycles. The number of thiazole rings is 1. The van der Waals surface area contributed by atoms with Crippen molar-refractivity contribution in [2.75, 3.05) is 11.9 Å². The molecule has 1 aromatic carbocycles. The van der Waals surface area contributed by atoms with Crippen LogP contribution in [0.5, 0.6) is 0 Å². The van der Waals surface area contributed by atoms with Crippen LogP contribution < -0.4 is 10.2 Å². The van der Waals surface area contributed by atoms with E-state index in [0.717, 1.165) is 30.0 Å². The summed E-state index contributed by atoms with van der Waals surface area (Å²) in [4.78, 5) is 7.71. The Hall–Kier alpha value is -1.46. The Bertz CT molecular complexity index is 622. The van der Waals surface area contributed by atoms with Gasteiger partial charge in [-0.25, -0.2) is 9.37 Å². The number of hydrogen-bond donors (Lipinski definition) is 1. The van der Waals surface area contributed by atoms with E-state index in [-0.39, 0.29) is 5.82 Å². The highest BCUT2D eigenvalue weighted by Gasteiger charge is 2.21. The summed E-state index contributed by atoms with van der Waals surface area (Å²) in [5.41, 5.74) is 5.05. The minimum absolute atomic E-state index is 0.172. The fourth-order valence-electron chi connectivity index (χ4n) is 2.39. The third kappa shape index (κ3) is 3.60. The van der Waals surface area contributed by atoms with Crippen molar-refractivity contribution in [1.82, 2.24) is 10.3 Å². The third-order valence-corrected chi connectivity index (χ3v) is 4.76. The SMILES string of the molecule is Cc1ncsc1CN(C)c1ccc(F)cc1CNC1CC1. The number of anilines is 1. The van der Waals surface area contributed by atoms with E-state index in [9.17, 15) is 4.39 Å². The van der Waals surface area contributed by atoms with Crippen LogP contribution in [0.25, 0.3) is 0 Å². The minimum Gasteiger partial charge on any atom is -0.369 e. The van der Waals surface area contributed by atoms with Crippen molar-refractivity contribution < 1.29 is 4.39 Å². The Balaban J connectivity index is 1.77. The Labute approximate surface area is 128 Å². The molecule has 21 heavy (non-hydrogen) atoms. The maximum Gasteiger partial charge on any atom is 0.123 e. The molecule has 1 fully saturated rings. The molecular formula is C16H20FN3S. The van der Waals surface area contributed by atoms with Crippen LogP contribution in [0, 0.1) is 12.7 Å². The molecule has 1 aliphatic rings. The standard InChI is InChI=1S/C16H20FN3S/c1-11-16(21-10-19-11)9-20(2)15-6-3-13(17)7-12(15)8-18-14-4-5-14/h3,6-7,10,14,18H,4-5,8-9H2,1-2H3. The van der Waals surface area contributed by atoms with Crippen LogP contribution in [0.4, 0.5) is 10.1 Å². The topological polar surface area (TPSA) is 28.2 Å². The van der Waals surface area contributed by atoms with E-state index in [4.69, 9.17) is 0 Å². The van der Waals surface area contributed by atoms with Gasteiger partial charge in [-0.05, 0) is 43.5 Å².